The minimum Gasteiger partial charge on any atom is -0.497 e. The molecule has 2 N–H and O–H groups in total. The molecule has 0 aliphatic heterocycles. The van der Waals surface area contributed by atoms with Gasteiger partial charge in [-0.05, 0) is 18.9 Å². The average Bonchev–Trinajstić information content (AvgIpc) is 2.87. The molecule has 1 aliphatic carbocycles. The molecule has 17 heavy (non-hydrogen) atoms. The fraction of sp³-hybridized carbons (Fsp3) is 0.571. The molecule has 0 spiro atoms. The van der Waals surface area contributed by atoms with Crippen molar-refractivity contribution in [3.63, 3.8) is 0 Å². The Morgan fingerprint density at radius 1 is 1.18 bits per heavy atom. The molecule has 0 atom stereocenters. The van der Waals surface area contributed by atoms with Gasteiger partial charge in [-0.2, -0.15) is 0 Å². The Morgan fingerprint density at radius 2 is 1.88 bits per heavy atom. The molecule has 0 saturated heterocycles. The van der Waals surface area contributed by atoms with Crippen molar-refractivity contribution in [3.8, 4) is 11.5 Å². The third kappa shape index (κ3) is 2.12. The third-order valence-corrected chi connectivity index (χ3v) is 3.93. The Morgan fingerprint density at radius 3 is 2.41 bits per heavy atom. The molecule has 1 fully saturated rings. The SMILES string of the molecule is COc1ccc(C2(CN)CCCC2)c(OC)c1. The normalized spacial score (nSPS) is 18.1. The highest BCUT2D eigenvalue weighted by Gasteiger charge is 2.36. The van der Waals surface area contributed by atoms with Gasteiger partial charge in [0.1, 0.15) is 11.5 Å². The average molecular weight is 235 g/mol. The van der Waals surface area contributed by atoms with Crippen molar-refractivity contribution >= 4 is 0 Å². The molecule has 3 heteroatoms. The van der Waals surface area contributed by atoms with Crippen LogP contribution in [0.15, 0.2) is 18.2 Å². The fourth-order valence-corrected chi connectivity index (χ4v) is 2.87. The van der Waals surface area contributed by atoms with Crippen LogP contribution in [0.25, 0.3) is 0 Å². The summed E-state index contributed by atoms with van der Waals surface area (Å²) in [5, 5.41) is 0. The van der Waals surface area contributed by atoms with Gasteiger partial charge in [-0.25, -0.2) is 0 Å². The summed E-state index contributed by atoms with van der Waals surface area (Å²) < 4.78 is 10.7. The van der Waals surface area contributed by atoms with Crippen LogP contribution in [0, 0.1) is 0 Å². The number of hydrogen-bond donors (Lipinski definition) is 1. The minimum atomic E-state index is 0.109. The second-order valence-corrected chi connectivity index (χ2v) is 4.76. The van der Waals surface area contributed by atoms with E-state index in [-0.39, 0.29) is 5.41 Å². The van der Waals surface area contributed by atoms with Gasteiger partial charge < -0.3 is 15.2 Å². The van der Waals surface area contributed by atoms with Crippen molar-refractivity contribution in [3.05, 3.63) is 23.8 Å². The van der Waals surface area contributed by atoms with E-state index in [1.54, 1.807) is 14.2 Å². The van der Waals surface area contributed by atoms with Crippen LogP contribution in [0.5, 0.6) is 11.5 Å². The molecule has 0 bridgehead atoms. The Kier molecular flexibility index (Phi) is 3.57. The minimum absolute atomic E-state index is 0.109. The number of hydrogen-bond acceptors (Lipinski definition) is 3. The summed E-state index contributed by atoms with van der Waals surface area (Å²) in [6.07, 6.45) is 4.83. The van der Waals surface area contributed by atoms with Crippen molar-refractivity contribution < 1.29 is 9.47 Å². The molecule has 94 valence electrons. The number of benzene rings is 1. The first-order chi connectivity index (χ1) is 8.25. The molecule has 0 radical (unpaired) electrons. The number of ether oxygens (including phenoxy) is 2. The molecule has 1 aromatic rings. The van der Waals surface area contributed by atoms with Crippen molar-refractivity contribution in [1.29, 1.82) is 0 Å². The molecule has 0 aromatic heterocycles. The maximum atomic E-state index is 6.01. The largest absolute Gasteiger partial charge is 0.497 e. The van der Waals surface area contributed by atoms with Gasteiger partial charge in [-0.1, -0.05) is 18.9 Å². The van der Waals surface area contributed by atoms with Crippen molar-refractivity contribution in [1.82, 2.24) is 0 Å². The van der Waals surface area contributed by atoms with Crippen molar-refractivity contribution in [2.75, 3.05) is 20.8 Å². The van der Waals surface area contributed by atoms with E-state index in [4.69, 9.17) is 15.2 Å². The monoisotopic (exact) mass is 235 g/mol. The van der Waals surface area contributed by atoms with Gasteiger partial charge in [-0.15, -0.1) is 0 Å². The predicted molar refractivity (Wildman–Crippen MR) is 68.7 cm³/mol. The molecule has 1 aliphatic rings. The highest BCUT2D eigenvalue weighted by Crippen LogP contribution is 2.44. The van der Waals surface area contributed by atoms with E-state index >= 15 is 0 Å². The van der Waals surface area contributed by atoms with Gasteiger partial charge in [0.05, 0.1) is 14.2 Å². The lowest BCUT2D eigenvalue weighted by Crippen LogP contribution is -2.32. The summed E-state index contributed by atoms with van der Waals surface area (Å²) in [6.45, 7) is 0.690. The lowest BCUT2D eigenvalue weighted by atomic mass is 9.78. The highest BCUT2D eigenvalue weighted by atomic mass is 16.5. The van der Waals surface area contributed by atoms with Gasteiger partial charge in [0.25, 0.3) is 0 Å². The molecule has 1 saturated carbocycles. The van der Waals surface area contributed by atoms with E-state index in [1.807, 2.05) is 12.1 Å². The molecule has 2 rings (SSSR count). The Hall–Kier alpha value is -1.22. The van der Waals surface area contributed by atoms with Gasteiger partial charge >= 0.3 is 0 Å². The lowest BCUT2D eigenvalue weighted by molar-refractivity contribution is 0.368. The molecule has 0 unspecified atom stereocenters. The summed E-state index contributed by atoms with van der Waals surface area (Å²) in [7, 11) is 3.38. The molecule has 1 aromatic carbocycles. The molecule has 3 nitrogen and oxygen atoms in total. The second kappa shape index (κ2) is 4.96. The van der Waals surface area contributed by atoms with Crippen LogP contribution in [-0.2, 0) is 5.41 Å². The van der Waals surface area contributed by atoms with E-state index in [2.05, 4.69) is 6.07 Å². The maximum absolute atomic E-state index is 6.01. The molecule has 0 heterocycles. The van der Waals surface area contributed by atoms with Crippen LogP contribution in [0.1, 0.15) is 31.2 Å². The summed E-state index contributed by atoms with van der Waals surface area (Å²) in [5.74, 6) is 1.73. The van der Waals surface area contributed by atoms with Gasteiger partial charge in [-0.3, -0.25) is 0 Å². The van der Waals surface area contributed by atoms with Crippen molar-refractivity contribution in [2.45, 2.75) is 31.1 Å². The molecular formula is C14H21NO2. The van der Waals surface area contributed by atoms with E-state index in [0.29, 0.717) is 6.54 Å². The molecular weight excluding hydrogens is 214 g/mol. The Balaban J connectivity index is 2.42. The van der Waals surface area contributed by atoms with Crippen LogP contribution in [0.2, 0.25) is 0 Å². The Bertz CT molecular complexity index is 384. The van der Waals surface area contributed by atoms with E-state index in [1.165, 1.54) is 18.4 Å². The first kappa shape index (κ1) is 12.2. The smallest absolute Gasteiger partial charge is 0.126 e. The summed E-state index contributed by atoms with van der Waals surface area (Å²) in [6, 6.07) is 6.05. The standard InChI is InChI=1S/C14H21NO2/c1-16-11-5-6-12(13(9-11)17-2)14(10-15)7-3-4-8-14/h5-6,9H,3-4,7-8,10,15H2,1-2H3. The first-order valence-electron chi connectivity index (χ1n) is 6.18. The van der Waals surface area contributed by atoms with Crippen LogP contribution in [0.4, 0.5) is 0 Å². The summed E-state index contributed by atoms with van der Waals surface area (Å²) in [4.78, 5) is 0. The first-order valence-corrected chi connectivity index (χ1v) is 6.18. The maximum Gasteiger partial charge on any atom is 0.126 e. The van der Waals surface area contributed by atoms with E-state index < -0.39 is 0 Å². The second-order valence-electron chi connectivity index (χ2n) is 4.76. The highest BCUT2D eigenvalue weighted by molar-refractivity contribution is 5.45. The number of rotatable bonds is 4. The van der Waals surface area contributed by atoms with Gasteiger partial charge in [0.15, 0.2) is 0 Å². The van der Waals surface area contributed by atoms with Gasteiger partial charge in [0, 0.05) is 23.6 Å². The summed E-state index contributed by atoms with van der Waals surface area (Å²) >= 11 is 0. The zero-order valence-electron chi connectivity index (χ0n) is 10.7. The van der Waals surface area contributed by atoms with Crippen molar-refractivity contribution in [2.24, 2.45) is 5.73 Å². The van der Waals surface area contributed by atoms with E-state index in [0.717, 1.165) is 24.3 Å². The van der Waals surface area contributed by atoms with Crippen LogP contribution in [-0.4, -0.2) is 20.8 Å². The molecule has 0 amide bonds. The van der Waals surface area contributed by atoms with Crippen LogP contribution >= 0.6 is 0 Å². The number of nitrogens with two attached hydrogens (primary N) is 1. The third-order valence-electron chi connectivity index (χ3n) is 3.93. The zero-order chi connectivity index (χ0) is 12.3. The van der Waals surface area contributed by atoms with E-state index in [9.17, 15) is 0 Å². The summed E-state index contributed by atoms with van der Waals surface area (Å²) in [5.41, 5.74) is 7.35. The lowest BCUT2D eigenvalue weighted by Gasteiger charge is -2.29. The topological polar surface area (TPSA) is 44.5 Å². The predicted octanol–water partition coefficient (Wildman–Crippen LogP) is 2.47. The van der Waals surface area contributed by atoms with Crippen LogP contribution in [0.3, 0.4) is 0 Å². The van der Waals surface area contributed by atoms with Gasteiger partial charge in [0.2, 0.25) is 0 Å². The van der Waals surface area contributed by atoms with Crippen LogP contribution < -0.4 is 15.2 Å². The fourth-order valence-electron chi connectivity index (χ4n) is 2.87. The quantitative estimate of drug-likeness (QED) is 0.872. The Labute approximate surface area is 103 Å². The zero-order valence-corrected chi connectivity index (χ0v) is 10.7. The number of methoxy groups -OCH3 is 2.